The summed E-state index contributed by atoms with van der Waals surface area (Å²) in [6.45, 7) is 0. The Balaban J connectivity index is 1.72. The number of benzene rings is 2. The minimum absolute atomic E-state index is 0.410. The Hall–Kier alpha value is -1.86. The lowest BCUT2D eigenvalue weighted by atomic mass is 9.98. The third-order valence-corrected chi connectivity index (χ3v) is 4.57. The highest BCUT2D eigenvalue weighted by molar-refractivity contribution is 5.35. The third-order valence-electron chi connectivity index (χ3n) is 4.57. The van der Waals surface area contributed by atoms with E-state index in [-0.39, 0.29) is 0 Å². The van der Waals surface area contributed by atoms with E-state index >= 15 is 0 Å². The first kappa shape index (κ1) is 11.9. The lowest BCUT2D eigenvalue weighted by molar-refractivity contribution is 0.409. The molecule has 1 nitrogen and oxygen atoms in total. The van der Waals surface area contributed by atoms with Crippen LogP contribution < -0.4 is 0 Å². The first-order valence-corrected chi connectivity index (χ1v) is 7.47. The molecule has 0 saturated carbocycles. The van der Waals surface area contributed by atoms with Gasteiger partial charge in [-0.3, -0.25) is 4.90 Å². The van der Waals surface area contributed by atoms with Crippen LogP contribution in [0, 0.1) is 0 Å². The molecule has 20 heavy (non-hydrogen) atoms. The van der Waals surface area contributed by atoms with E-state index in [1.165, 1.54) is 24.0 Å². The van der Waals surface area contributed by atoms with E-state index < -0.39 is 0 Å². The van der Waals surface area contributed by atoms with E-state index in [1.54, 1.807) is 0 Å². The van der Waals surface area contributed by atoms with Crippen molar-refractivity contribution >= 4 is 0 Å². The molecule has 2 aliphatic rings. The van der Waals surface area contributed by atoms with Crippen molar-refractivity contribution in [2.45, 2.75) is 31.0 Å². The summed E-state index contributed by atoms with van der Waals surface area (Å²) in [5.41, 5.74) is 2.82. The lowest BCUT2D eigenvalue weighted by Gasteiger charge is -2.21. The second-order valence-corrected chi connectivity index (χ2v) is 5.75. The van der Waals surface area contributed by atoms with Gasteiger partial charge in [-0.1, -0.05) is 72.8 Å². The Kier molecular flexibility index (Phi) is 2.93. The summed E-state index contributed by atoms with van der Waals surface area (Å²) >= 11 is 0. The molecule has 0 amide bonds. The monoisotopic (exact) mass is 261 g/mol. The minimum Gasteiger partial charge on any atom is -0.283 e. The van der Waals surface area contributed by atoms with Crippen LogP contribution in [0.25, 0.3) is 0 Å². The normalized spacial score (nSPS) is 27.4. The summed E-state index contributed by atoms with van der Waals surface area (Å²) in [4.78, 5) is 2.69. The van der Waals surface area contributed by atoms with E-state index in [4.69, 9.17) is 0 Å². The van der Waals surface area contributed by atoms with Crippen LogP contribution in [0.15, 0.2) is 72.8 Å². The molecule has 1 heterocycles. The standard InChI is InChI=1S/C19H19N/c1-3-9-15(10-4-1)19(16-11-5-2-6-12-16)20-17-13-7-8-14-18(17)20/h1-12,17-19H,13-14H2/t17-,18+,20?. The van der Waals surface area contributed by atoms with E-state index in [0.717, 1.165) is 12.1 Å². The van der Waals surface area contributed by atoms with Gasteiger partial charge in [0.15, 0.2) is 0 Å². The molecule has 2 aromatic rings. The van der Waals surface area contributed by atoms with E-state index in [0.29, 0.717) is 6.04 Å². The molecule has 1 fully saturated rings. The summed E-state index contributed by atoms with van der Waals surface area (Å²) in [7, 11) is 0. The third kappa shape index (κ3) is 1.99. The molecule has 1 saturated heterocycles. The van der Waals surface area contributed by atoms with Gasteiger partial charge in [0.1, 0.15) is 0 Å². The van der Waals surface area contributed by atoms with Gasteiger partial charge >= 0.3 is 0 Å². The maximum absolute atomic E-state index is 2.69. The zero-order valence-corrected chi connectivity index (χ0v) is 11.5. The molecule has 100 valence electrons. The quantitative estimate of drug-likeness (QED) is 0.591. The molecule has 2 aromatic carbocycles. The van der Waals surface area contributed by atoms with Crippen LogP contribution in [-0.2, 0) is 0 Å². The van der Waals surface area contributed by atoms with Crippen molar-refractivity contribution in [1.82, 2.24) is 4.90 Å². The first-order chi connectivity index (χ1) is 9.95. The van der Waals surface area contributed by atoms with Crippen molar-refractivity contribution in [2.24, 2.45) is 0 Å². The lowest BCUT2D eigenvalue weighted by Crippen LogP contribution is -2.14. The van der Waals surface area contributed by atoms with Gasteiger partial charge in [0.2, 0.25) is 0 Å². The van der Waals surface area contributed by atoms with Crippen molar-refractivity contribution in [3.8, 4) is 0 Å². The number of rotatable bonds is 3. The smallest absolute Gasteiger partial charge is 0.0608 e. The Bertz CT molecular complexity index is 549. The zero-order valence-electron chi connectivity index (χ0n) is 11.5. The summed E-state index contributed by atoms with van der Waals surface area (Å²) in [5.74, 6) is 0. The molecule has 1 unspecified atom stereocenters. The first-order valence-electron chi connectivity index (χ1n) is 7.47. The molecule has 4 rings (SSSR count). The Morgan fingerprint density at radius 3 is 1.60 bits per heavy atom. The van der Waals surface area contributed by atoms with Gasteiger partial charge in [0.25, 0.3) is 0 Å². The van der Waals surface area contributed by atoms with Gasteiger partial charge in [0.05, 0.1) is 6.04 Å². The molecule has 3 atom stereocenters. The van der Waals surface area contributed by atoms with Crippen molar-refractivity contribution in [3.05, 3.63) is 83.9 Å². The molecule has 0 bridgehead atoms. The molecular formula is C19H19N. The van der Waals surface area contributed by atoms with Crippen molar-refractivity contribution in [2.75, 3.05) is 0 Å². The molecular weight excluding hydrogens is 242 g/mol. The van der Waals surface area contributed by atoms with Crippen LogP contribution in [0.5, 0.6) is 0 Å². The van der Waals surface area contributed by atoms with Crippen LogP contribution in [0.3, 0.4) is 0 Å². The highest BCUT2D eigenvalue weighted by Crippen LogP contribution is 2.47. The Morgan fingerprint density at radius 1 is 0.700 bits per heavy atom. The van der Waals surface area contributed by atoms with Gasteiger partial charge < -0.3 is 0 Å². The largest absolute Gasteiger partial charge is 0.283 e. The molecule has 0 spiro atoms. The van der Waals surface area contributed by atoms with Crippen LogP contribution in [0.1, 0.15) is 30.0 Å². The van der Waals surface area contributed by atoms with Crippen molar-refractivity contribution in [1.29, 1.82) is 0 Å². The summed E-state index contributed by atoms with van der Waals surface area (Å²) in [6.07, 6.45) is 7.10. The maximum Gasteiger partial charge on any atom is 0.0608 e. The number of fused-ring (bicyclic) bond motifs is 1. The van der Waals surface area contributed by atoms with E-state index in [9.17, 15) is 0 Å². The predicted octanol–water partition coefficient (Wildman–Crippen LogP) is 4.18. The van der Waals surface area contributed by atoms with Crippen LogP contribution in [0.4, 0.5) is 0 Å². The summed E-state index contributed by atoms with van der Waals surface area (Å²) in [5, 5.41) is 0. The number of nitrogens with zero attached hydrogens (tertiary/aromatic N) is 1. The Labute approximate surface area is 120 Å². The zero-order chi connectivity index (χ0) is 13.4. The number of hydrogen-bond acceptors (Lipinski definition) is 1. The summed E-state index contributed by atoms with van der Waals surface area (Å²) in [6, 6.07) is 23.7. The molecule has 1 aliphatic carbocycles. The van der Waals surface area contributed by atoms with Gasteiger partial charge in [-0.25, -0.2) is 0 Å². The minimum atomic E-state index is 0.410. The van der Waals surface area contributed by atoms with Gasteiger partial charge in [-0.2, -0.15) is 0 Å². The SMILES string of the molecule is C1=CC[C@H]2[C@@H](C1)N2C(c1ccccc1)c1ccccc1. The average molecular weight is 261 g/mol. The number of hydrogen-bond donors (Lipinski definition) is 0. The van der Waals surface area contributed by atoms with E-state index in [1.807, 2.05) is 0 Å². The molecule has 0 radical (unpaired) electrons. The summed E-state index contributed by atoms with van der Waals surface area (Å²) < 4.78 is 0. The molecule has 1 heteroatoms. The van der Waals surface area contributed by atoms with Crippen LogP contribution >= 0.6 is 0 Å². The molecule has 0 aromatic heterocycles. The van der Waals surface area contributed by atoms with Crippen molar-refractivity contribution < 1.29 is 0 Å². The van der Waals surface area contributed by atoms with Gasteiger partial charge in [-0.05, 0) is 24.0 Å². The second-order valence-electron chi connectivity index (χ2n) is 5.75. The predicted molar refractivity (Wildman–Crippen MR) is 82.5 cm³/mol. The topological polar surface area (TPSA) is 3.01 Å². The van der Waals surface area contributed by atoms with Gasteiger partial charge in [-0.15, -0.1) is 0 Å². The second kappa shape index (κ2) is 4.92. The molecule has 0 N–H and O–H groups in total. The Morgan fingerprint density at radius 2 is 1.15 bits per heavy atom. The van der Waals surface area contributed by atoms with Crippen molar-refractivity contribution in [3.63, 3.8) is 0 Å². The molecule has 1 aliphatic heterocycles. The average Bonchev–Trinajstić information content (AvgIpc) is 3.24. The highest BCUT2D eigenvalue weighted by atomic mass is 15.4. The van der Waals surface area contributed by atoms with Crippen LogP contribution in [-0.4, -0.2) is 17.0 Å². The fraction of sp³-hybridized carbons (Fsp3) is 0.263. The van der Waals surface area contributed by atoms with Crippen LogP contribution in [0.2, 0.25) is 0 Å². The van der Waals surface area contributed by atoms with Gasteiger partial charge in [0, 0.05) is 12.1 Å². The fourth-order valence-electron chi connectivity index (χ4n) is 3.58. The highest BCUT2D eigenvalue weighted by Gasteiger charge is 2.51. The van der Waals surface area contributed by atoms with E-state index in [2.05, 4.69) is 77.7 Å². The maximum atomic E-state index is 2.69. The fourth-order valence-corrected chi connectivity index (χ4v) is 3.58.